The number of ether oxygens (including phenoxy) is 1. The van der Waals surface area contributed by atoms with E-state index in [9.17, 15) is 4.79 Å². The van der Waals surface area contributed by atoms with Gasteiger partial charge in [-0.25, -0.2) is 15.0 Å². The molecule has 0 amide bonds. The maximum Gasteiger partial charge on any atom is 0.265 e. The predicted octanol–water partition coefficient (Wildman–Crippen LogP) is 4.33. The minimum atomic E-state index is -0.0926. The van der Waals surface area contributed by atoms with Crippen LogP contribution in [0.4, 0.5) is 0 Å². The highest BCUT2D eigenvalue weighted by Gasteiger charge is 2.22. The van der Waals surface area contributed by atoms with E-state index < -0.39 is 0 Å². The van der Waals surface area contributed by atoms with E-state index in [1.54, 1.807) is 4.57 Å². The Hall–Kier alpha value is -3.58. The van der Waals surface area contributed by atoms with Crippen molar-refractivity contribution in [2.45, 2.75) is 33.7 Å². The van der Waals surface area contributed by atoms with Crippen LogP contribution in [-0.2, 0) is 11.3 Å². The zero-order valence-corrected chi connectivity index (χ0v) is 18.5. The summed E-state index contributed by atoms with van der Waals surface area (Å²) in [5.41, 5.74) is 5.28. The Bertz CT molecular complexity index is 1520. The smallest absolute Gasteiger partial charge is 0.265 e. The third kappa shape index (κ3) is 3.35. The lowest BCUT2D eigenvalue weighted by atomic mass is 10.2. The number of benzene rings is 2. The van der Waals surface area contributed by atoms with Gasteiger partial charge in [0.05, 0.1) is 11.0 Å². The van der Waals surface area contributed by atoms with Gasteiger partial charge in [-0.1, -0.05) is 24.3 Å². The average Bonchev–Trinajstić information content (AvgIpc) is 3.09. The number of para-hydroxylation sites is 2. The summed E-state index contributed by atoms with van der Waals surface area (Å²) in [5, 5.41) is 0.502. The van der Waals surface area contributed by atoms with Crippen molar-refractivity contribution in [3.05, 3.63) is 70.3 Å². The molecule has 3 aromatic heterocycles. The molecule has 0 saturated heterocycles. The minimum absolute atomic E-state index is 0.0926. The first kappa shape index (κ1) is 20.3. The van der Waals surface area contributed by atoms with Crippen LogP contribution < -0.4 is 5.56 Å². The van der Waals surface area contributed by atoms with E-state index in [1.165, 1.54) is 0 Å². The van der Waals surface area contributed by atoms with Crippen molar-refractivity contribution < 1.29 is 4.74 Å². The minimum Gasteiger partial charge on any atom is -0.382 e. The first-order valence-corrected chi connectivity index (χ1v) is 10.9. The highest BCUT2D eigenvalue weighted by molar-refractivity contribution is 6.05. The monoisotopic (exact) mass is 427 g/mol. The standard InChI is InChI=1S/C25H25N5O2/c1-4-32-14-8-13-29-17(3)26-23-21(25(29)31)22-24(28-20-12-6-5-11-19(20)27-22)30(23)18-10-7-9-16(2)15-18/h5-7,9-12,15H,4,8,13-14H2,1-3H3. The van der Waals surface area contributed by atoms with Crippen LogP contribution in [-0.4, -0.2) is 37.3 Å². The van der Waals surface area contributed by atoms with Gasteiger partial charge in [0.1, 0.15) is 16.7 Å². The molecule has 0 aliphatic rings. The largest absolute Gasteiger partial charge is 0.382 e. The van der Waals surface area contributed by atoms with Crippen molar-refractivity contribution in [2.24, 2.45) is 0 Å². The van der Waals surface area contributed by atoms with Gasteiger partial charge in [0.25, 0.3) is 5.56 Å². The van der Waals surface area contributed by atoms with E-state index >= 15 is 0 Å². The van der Waals surface area contributed by atoms with E-state index in [0.717, 1.165) is 28.7 Å². The van der Waals surface area contributed by atoms with Crippen LogP contribution in [0.5, 0.6) is 0 Å². The van der Waals surface area contributed by atoms with Crippen molar-refractivity contribution in [3.8, 4) is 5.69 Å². The van der Waals surface area contributed by atoms with Gasteiger partial charge in [0, 0.05) is 25.4 Å². The molecule has 5 aromatic rings. The molecular formula is C25H25N5O2. The van der Waals surface area contributed by atoms with Crippen LogP contribution in [0.1, 0.15) is 24.7 Å². The molecule has 32 heavy (non-hydrogen) atoms. The summed E-state index contributed by atoms with van der Waals surface area (Å²) >= 11 is 0. The Morgan fingerprint density at radius 1 is 0.938 bits per heavy atom. The van der Waals surface area contributed by atoms with Gasteiger partial charge >= 0.3 is 0 Å². The number of rotatable bonds is 6. The molecule has 7 nitrogen and oxygen atoms in total. The topological polar surface area (TPSA) is 74.8 Å². The van der Waals surface area contributed by atoms with E-state index in [0.29, 0.717) is 47.8 Å². The molecule has 5 rings (SSSR count). The SMILES string of the molecule is CCOCCCn1c(C)nc2c(c1=O)c1nc3ccccc3nc1n2-c1cccc(C)c1. The van der Waals surface area contributed by atoms with Gasteiger partial charge in [-0.2, -0.15) is 0 Å². The normalized spacial score (nSPS) is 11.7. The molecule has 0 radical (unpaired) electrons. The van der Waals surface area contributed by atoms with Crippen LogP contribution in [0.15, 0.2) is 53.3 Å². The van der Waals surface area contributed by atoms with E-state index in [4.69, 9.17) is 19.7 Å². The van der Waals surface area contributed by atoms with Crippen LogP contribution >= 0.6 is 0 Å². The van der Waals surface area contributed by atoms with E-state index in [1.807, 2.05) is 67.8 Å². The fourth-order valence-electron chi connectivity index (χ4n) is 4.17. The highest BCUT2D eigenvalue weighted by Crippen LogP contribution is 2.29. The summed E-state index contributed by atoms with van der Waals surface area (Å²) in [7, 11) is 0. The summed E-state index contributed by atoms with van der Waals surface area (Å²) in [5.74, 6) is 0.667. The highest BCUT2D eigenvalue weighted by atomic mass is 16.5. The molecule has 162 valence electrons. The molecule has 3 heterocycles. The molecule has 7 heteroatoms. The van der Waals surface area contributed by atoms with Gasteiger partial charge in [0.15, 0.2) is 11.3 Å². The van der Waals surface area contributed by atoms with Crippen LogP contribution in [0.3, 0.4) is 0 Å². The van der Waals surface area contributed by atoms with Crippen LogP contribution in [0.25, 0.3) is 38.9 Å². The Morgan fingerprint density at radius 3 is 2.47 bits per heavy atom. The van der Waals surface area contributed by atoms with Crippen LogP contribution in [0, 0.1) is 13.8 Å². The third-order valence-corrected chi connectivity index (χ3v) is 5.69. The quantitative estimate of drug-likeness (QED) is 0.377. The number of nitrogens with zero attached hydrogens (tertiary/aromatic N) is 5. The number of aryl methyl sites for hydroxylation is 2. The second-order valence-corrected chi connectivity index (χ2v) is 7.92. The number of hydrogen-bond donors (Lipinski definition) is 0. The molecule has 0 saturated carbocycles. The van der Waals surface area contributed by atoms with Crippen molar-refractivity contribution in [2.75, 3.05) is 13.2 Å². The zero-order valence-electron chi connectivity index (χ0n) is 18.5. The molecule has 0 N–H and O–H groups in total. The van der Waals surface area contributed by atoms with Gasteiger partial charge < -0.3 is 4.74 Å². The fraction of sp³-hybridized carbons (Fsp3) is 0.280. The summed E-state index contributed by atoms with van der Waals surface area (Å²) in [4.78, 5) is 28.3. The fourth-order valence-corrected chi connectivity index (χ4v) is 4.17. The summed E-state index contributed by atoms with van der Waals surface area (Å²) in [6.45, 7) is 7.70. The molecule has 0 spiro atoms. The van der Waals surface area contributed by atoms with Crippen LogP contribution in [0.2, 0.25) is 0 Å². The third-order valence-electron chi connectivity index (χ3n) is 5.69. The number of aromatic nitrogens is 5. The lowest BCUT2D eigenvalue weighted by Crippen LogP contribution is -2.24. The molecule has 0 aliphatic carbocycles. The Labute approximate surface area is 185 Å². The lowest BCUT2D eigenvalue weighted by Gasteiger charge is -2.11. The summed E-state index contributed by atoms with van der Waals surface area (Å²) in [6, 6.07) is 15.8. The average molecular weight is 428 g/mol. The van der Waals surface area contributed by atoms with Gasteiger partial charge in [-0.3, -0.25) is 13.9 Å². The van der Waals surface area contributed by atoms with E-state index in [-0.39, 0.29) is 5.56 Å². The molecular weight excluding hydrogens is 402 g/mol. The number of hydrogen-bond acceptors (Lipinski definition) is 5. The first-order chi connectivity index (χ1) is 15.6. The molecule has 0 unspecified atom stereocenters. The second-order valence-electron chi connectivity index (χ2n) is 7.92. The summed E-state index contributed by atoms with van der Waals surface area (Å²) in [6.07, 6.45) is 0.743. The zero-order chi connectivity index (χ0) is 22.2. The van der Waals surface area contributed by atoms with Gasteiger partial charge in [0.2, 0.25) is 0 Å². The molecule has 0 aliphatic heterocycles. The van der Waals surface area contributed by atoms with Crippen molar-refractivity contribution >= 4 is 33.2 Å². The van der Waals surface area contributed by atoms with Crippen molar-refractivity contribution in [1.82, 2.24) is 24.1 Å². The lowest BCUT2D eigenvalue weighted by molar-refractivity contribution is 0.141. The molecule has 2 aromatic carbocycles. The Morgan fingerprint density at radius 2 is 1.72 bits per heavy atom. The summed E-state index contributed by atoms with van der Waals surface area (Å²) < 4.78 is 9.13. The van der Waals surface area contributed by atoms with Crippen molar-refractivity contribution in [3.63, 3.8) is 0 Å². The second kappa shape index (κ2) is 8.16. The Balaban J connectivity index is 1.85. The predicted molar refractivity (Wildman–Crippen MR) is 127 cm³/mol. The Kier molecular flexibility index (Phi) is 5.19. The molecule has 0 fully saturated rings. The maximum atomic E-state index is 13.7. The maximum absolute atomic E-state index is 13.7. The van der Waals surface area contributed by atoms with Crippen molar-refractivity contribution in [1.29, 1.82) is 0 Å². The molecule has 0 bridgehead atoms. The van der Waals surface area contributed by atoms with Gasteiger partial charge in [-0.05, 0) is 57.0 Å². The number of fused-ring (bicyclic) bond motifs is 4. The molecule has 0 atom stereocenters. The van der Waals surface area contributed by atoms with E-state index in [2.05, 4.69) is 6.07 Å². The first-order valence-electron chi connectivity index (χ1n) is 10.9. The van der Waals surface area contributed by atoms with Gasteiger partial charge in [-0.15, -0.1) is 0 Å².